The minimum atomic E-state index is -0.996. The van der Waals surface area contributed by atoms with Crippen LogP contribution in [0.25, 0.3) is 0 Å². The summed E-state index contributed by atoms with van der Waals surface area (Å²) in [6.07, 6.45) is 18.1. The summed E-state index contributed by atoms with van der Waals surface area (Å²) in [6, 6.07) is 27.8. The summed E-state index contributed by atoms with van der Waals surface area (Å²) < 4.78 is 33.2. The number of esters is 6. The Hall–Kier alpha value is -8.93. The second-order valence-corrected chi connectivity index (χ2v) is 26.9. The first-order valence-corrected chi connectivity index (χ1v) is 33.3. The number of ether oxygens (including phenoxy) is 6. The largest absolute Gasteiger partial charge is 0.460 e. The van der Waals surface area contributed by atoms with Gasteiger partial charge < -0.3 is 44.8 Å². The molecule has 3 saturated heterocycles. The van der Waals surface area contributed by atoms with E-state index in [4.69, 9.17) is 34.2 Å². The third kappa shape index (κ3) is 22.3. The zero-order valence-electron chi connectivity index (χ0n) is 58.0. The fourth-order valence-electron chi connectivity index (χ4n) is 13.0. The Morgan fingerprint density at radius 1 is 0.469 bits per heavy atom. The Labute approximate surface area is 566 Å². The van der Waals surface area contributed by atoms with Gasteiger partial charge in [-0.1, -0.05) is 106 Å². The van der Waals surface area contributed by atoms with Crippen LogP contribution in [0.4, 0.5) is 17.1 Å². The molecule has 0 bridgehead atoms. The van der Waals surface area contributed by atoms with E-state index < -0.39 is 70.8 Å². The van der Waals surface area contributed by atoms with Gasteiger partial charge >= 0.3 is 35.8 Å². The highest BCUT2D eigenvalue weighted by Crippen LogP contribution is 2.50. The first kappa shape index (κ1) is 76.1. The van der Waals surface area contributed by atoms with Crippen molar-refractivity contribution >= 4 is 70.2 Å². The van der Waals surface area contributed by atoms with Gasteiger partial charge in [0.15, 0.2) is 5.78 Å². The van der Waals surface area contributed by atoms with Crippen molar-refractivity contribution in [2.45, 2.75) is 222 Å². The number of hydrogen-bond donors (Lipinski definition) is 3. The maximum atomic E-state index is 13.4. The lowest BCUT2D eigenvalue weighted by atomic mass is 9.65. The number of benzene rings is 3. The smallest absolute Gasteiger partial charge is 0.307 e. The summed E-state index contributed by atoms with van der Waals surface area (Å²) in [5.41, 5.74) is 11.9. The molecular weight excluding hydrogens is 1220 g/mol. The summed E-state index contributed by atoms with van der Waals surface area (Å²) in [6.45, 7) is 22.4. The van der Waals surface area contributed by atoms with Crippen molar-refractivity contribution in [2.75, 3.05) is 16.4 Å². The molecule has 18 nitrogen and oxygen atoms in total. The maximum Gasteiger partial charge on any atom is 0.307 e. The number of anilines is 3. The SMILES string of the molecule is CC(=O)O[C@@H]1C=CC(=O)C2(CC(=O)O[C@@H]2/C=C(\C)CCC=C(C)C)C1.CC(=O)O[C@H]1CC2(CC(=O)O[C@@H]2/C=C(\C)CCC=C(C)C)C(=O)C[C@@H]1Nc1ccccc1.CC(=O)O[C@H]1CC2(CC(=O)O[C@@H]2/C=C(\C)CCC=C(C)C)C(=O)C[C@H]1Nc1ccccc1.Nc1ccccc1. The Kier molecular flexibility index (Phi) is 28.3. The molecule has 4 N–H and O–H groups in total. The average molecular weight is 1320 g/mol. The molecule has 516 valence electrons. The highest BCUT2D eigenvalue weighted by atomic mass is 16.6. The van der Waals surface area contributed by atoms with Gasteiger partial charge in [0, 0.05) is 69.9 Å². The molecule has 0 amide bonds. The monoisotopic (exact) mass is 1320 g/mol. The normalized spacial score (nSPS) is 26.6. The molecule has 3 spiro atoms. The van der Waals surface area contributed by atoms with Gasteiger partial charge in [0.05, 0.1) is 47.6 Å². The lowest BCUT2D eigenvalue weighted by Gasteiger charge is -2.42. The third-order valence-corrected chi connectivity index (χ3v) is 17.8. The van der Waals surface area contributed by atoms with E-state index in [1.807, 2.05) is 130 Å². The van der Waals surface area contributed by atoms with Crippen molar-refractivity contribution in [3.05, 3.63) is 173 Å². The lowest BCUT2D eigenvalue weighted by molar-refractivity contribution is -0.156. The fraction of sp³-hybridized carbons (Fsp3) is 0.474. The van der Waals surface area contributed by atoms with Gasteiger partial charge in [0.1, 0.15) is 48.2 Å². The van der Waals surface area contributed by atoms with E-state index in [9.17, 15) is 43.2 Å². The van der Waals surface area contributed by atoms with Crippen LogP contribution in [0.1, 0.15) is 173 Å². The molecule has 3 aromatic rings. The van der Waals surface area contributed by atoms with Crippen LogP contribution < -0.4 is 16.4 Å². The van der Waals surface area contributed by atoms with Gasteiger partial charge in [-0.2, -0.15) is 0 Å². The molecule has 2 saturated carbocycles. The first-order chi connectivity index (χ1) is 45.5. The van der Waals surface area contributed by atoms with Crippen molar-refractivity contribution in [1.29, 1.82) is 0 Å². The van der Waals surface area contributed by atoms with Crippen molar-refractivity contribution in [2.24, 2.45) is 16.2 Å². The van der Waals surface area contributed by atoms with Crippen LogP contribution in [-0.2, 0) is 71.6 Å². The number of para-hydroxylation sites is 3. The molecule has 0 radical (unpaired) electrons. The van der Waals surface area contributed by atoms with Gasteiger partial charge in [-0.25, -0.2) is 0 Å². The van der Waals surface area contributed by atoms with E-state index in [-0.39, 0.29) is 98.7 Å². The zero-order chi connectivity index (χ0) is 70.3. The van der Waals surface area contributed by atoms with E-state index in [2.05, 4.69) is 70.4 Å². The highest BCUT2D eigenvalue weighted by molar-refractivity contribution is 6.01. The third-order valence-electron chi connectivity index (χ3n) is 17.8. The summed E-state index contributed by atoms with van der Waals surface area (Å²) in [5, 5.41) is 6.67. The average Bonchev–Trinajstić information content (AvgIpc) is 1.55. The molecule has 3 aliphatic heterocycles. The number of allylic oxidation sites excluding steroid dienone is 10. The molecule has 3 heterocycles. The molecule has 3 aliphatic carbocycles. The summed E-state index contributed by atoms with van der Waals surface area (Å²) in [5.74, 6) is -2.57. The zero-order valence-corrected chi connectivity index (χ0v) is 58.0. The minimum Gasteiger partial charge on any atom is -0.460 e. The summed E-state index contributed by atoms with van der Waals surface area (Å²) in [4.78, 5) is 111. The Bertz CT molecular complexity index is 3310. The van der Waals surface area contributed by atoms with Gasteiger partial charge in [0.25, 0.3) is 0 Å². The second-order valence-electron chi connectivity index (χ2n) is 26.9. The molecule has 3 unspecified atom stereocenters. The quantitative estimate of drug-likeness (QED) is 0.0436. The molecule has 96 heavy (non-hydrogen) atoms. The number of nitrogens with one attached hydrogen (secondary N) is 2. The predicted octanol–water partition coefficient (Wildman–Crippen LogP) is 14.2. The summed E-state index contributed by atoms with van der Waals surface area (Å²) in [7, 11) is 0. The van der Waals surface area contributed by atoms with Crippen LogP contribution in [0, 0.1) is 16.2 Å². The molecule has 9 rings (SSSR count). The number of carbonyl (C=O) groups excluding carboxylic acids is 9. The minimum absolute atomic E-state index is 0.0179. The van der Waals surface area contributed by atoms with Crippen LogP contribution in [-0.4, -0.2) is 102 Å². The first-order valence-electron chi connectivity index (χ1n) is 33.3. The predicted molar refractivity (Wildman–Crippen MR) is 371 cm³/mol. The van der Waals surface area contributed by atoms with Crippen LogP contribution >= 0.6 is 0 Å². The van der Waals surface area contributed by atoms with Crippen LogP contribution in [0.15, 0.2) is 173 Å². The van der Waals surface area contributed by atoms with Gasteiger partial charge in [-0.3, -0.25) is 43.2 Å². The van der Waals surface area contributed by atoms with Crippen molar-refractivity contribution in [1.82, 2.24) is 0 Å². The number of cyclic esters (lactones) is 3. The fourth-order valence-corrected chi connectivity index (χ4v) is 13.0. The van der Waals surface area contributed by atoms with Gasteiger partial charge in [-0.15, -0.1) is 0 Å². The molecule has 5 fully saturated rings. The number of carbonyl (C=O) groups is 9. The van der Waals surface area contributed by atoms with Crippen molar-refractivity contribution in [3.8, 4) is 0 Å². The molecule has 3 aromatic carbocycles. The molecule has 11 atom stereocenters. The Balaban J connectivity index is 0.000000217. The maximum absolute atomic E-state index is 13.4. The van der Waals surface area contributed by atoms with Gasteiger partial charge in [-0.05, 0) is 168 Å². The summed E-state index contributed by atoms with van der Waals surface area (Å²) >= 11 is 0. The number of ketones is 3. The van der Waals surface area contributed by atoms with E-state index in [0.29, 0.717) is 0 Å². The van der Waals surface area contributed by atoms with E-state index in [1.165, 1.54) is 43.6 Å². The highest BCUT2D eigenvalue weighted by Gasteiger charge is 2.60. The van der Waals surface area contributed by atoms with Gasteiger partial charge in [0.2, 0.25) is 0 Å². The molecule has 0 aromatic heterocycles. The van der Waals surface area contributed by atoms with Crippen LogP contribution in [0.2, 0.25) is 0 Å². The lowest BCUT2D eigenvalue weighted by Crippen LogP contribution is -2.54. The van der Waals surface area contributed by atoms with Crippen molar-refractivity contribution < 1.29 is 71.6 Å². The molecular formula is C78H99N3O15. The molecule has 6 aliphatic rings. The van der Waals surface area contributed by atoms with Crippen molar-refractivity contribution in [3.63, 3.8) is 0 Å². The topological polar surface area (TPSA) is 259 Å². The standard InChI is InChI=1S/2C26H33NO5.C20H26O5.C6H7N/c2*1-17(2)9-8-10-18(3)13-24-26(16-25(30)32-24)15-22(31-19(4)28)21(14-23(26)29)27-20-11-6-5-7-12-20;1-13(2)6-5-7-14(3)10-18-20(12-19(23)25-18)11-16(24-15(4)21)8-9-17(20)22;7-6-4-2-1-3-5-6/h2*5-7,9,11-13,21-22,24,27H,8,10,14-16H2,1-4H3;6,8-10,16,18H,5,7,11-12H2,1-4H3;1-5H,7H2/b2*18-13+;14-10+;/t21-,22+,24-,26?;21-,22-,24+,26?;16-,18-,20?;/m101./s1. The number of nitrogen functional groups attached to an aromatic ring is 1. The van der Waals surface area contributed by atoms with Crippen LogP contribution in [0.5, 0.6) is 0 Å². The second kappa shape index (κ2) is 35.7. The number of hydrogen-bond acceptors (Lipinski definition) is 18. The Morgan fingerprint density at radius 3 is 1.12 bits per heavy atom. The van der Waals surface area contributed by atoms with E-state index in [0.717, 1.165) is 72.3 Å². The Morgan fingerprint density at radius 2 is 0.802 bits per heavy atom. The molecule has 18 heteroatoms. The van der Waals surface area contributed by atoms with E-state index >= 15 is 0 Å². The van der Waals surface area contributed by atoms with E-state index in [1.54, 1.807) is 6.08 Å². The number of nitrogens with two attached hydrogens (primary N) is 1. The number of rotatable bonds is 19. The van der Waals surface area contributed by atoms with Crippen LogP contribution in [0.3, 0.4) is 0 Å². The number of Topliss-reactive ketones (excluding diaryl/α,β-unsaturated/α-hetero) is 2.